The second-order valence-electron chi connectivity index (χ2n) is 5.25. The minimum absolute atomic E-state index is 0.463. The Balaban J connectivity index is 2.63. The first-order valence-electron chi connectivity index (χ1n) is 6.24. The van der Waals surface area contributed by atoms with Crippen LogP contribution in [-0.2, 0) is 6.42 Å². The molecule has 3 heteroatoms. The van der Waals surface area contributed by atoms with E-state index in [0.29, 0.717) is 11.6 Å². The molecule has 1 unspecified atom stereocenters. The number of hydrogen-bond donors (Lipinski definition) is 1. The first kappa shape index (κ1) is 13.7. The molecule has 0 aliphatic carbocycles. The molecule has 0 aliphatic heterocycles. The Kier molecular flexibility index (Phi) is 5.13. The van der Waals surface area contributed by atoms with Gasteiger partial charge >= 0.3 is 0 Å². The van der Waals surface area contributed by atoms with Crippen LogP contribution in [0, 0.1) is 16.7 Å². The number of nitrogen functional groups attached to an aromatic ring is 1. The Morgan fingerprint density at radius 1 is 1.24 bits per heavy atom. The molecule has 1 atom stereocenters. The summed E-state index contributed by atoms with van der Waals surface area (Å²) in [4.78, 5) is 10.5. The van der Waals surface area contributed by atoms with Crippen molar-refractivity contribution in [3.05, 3.63) is 28.7 Å². The van der Waals surface area contributed by atoms with E-state index in [4.69, 9.17) is 5.73 Å². The fourth-order valence-corrected chi connectivity index (χ4v) is 1.92. The van der Waals surface area contributed by atoms with Crippen LogP contribution >= 0.6 is 0 Å². The standard InChI is InChI=1S/C14H22N2O/c1-10(2)4-5-11(3)8-12-9-13(16-17)6-7-14(12)15/h6-7,9-11H,4-5,8,15H2,1-3H3. The van der Waals surface area contributed by atoms with Crippen molar-refractivity contribution in [2.75, 3.05) is 5.73 Å². The smallest absolute Gasteiger partial charge is 0.108 e. The molecule has 0 radical (unpaired) electrons. The lowest BCUT2D eigenvalue weighted by Crippen LogP contribution is -2.04. The van der Waals surface area contributed by atoms with Gasteiger partial charge in [-0.15, -0.1) is 4.91 Å². The van der Waals surface area contributed by atoms with Crippen LogP contribution < -0.4 is 5.73 Å². The predicted molar refractivity (Wildman–Crippen MR) is 73.2 cm³/mol. The number of hydrogen-bond acceptors (Lipinski definition) is 3. The molecule has 17 heavy (non-hydrogen) atoms. The van der Waals surface area contributed by atoms with Gasteiger partial charge in [-0.05, 0) is 47.2 Å². The lowest BCUT2D eigenvalue weighted by molar-refractivity contribution is 0.449. The van der Waals surface area contributed by atoms with Gasteiger partial charge in [0, 0.05) is 5.69 Å². The molecule has 3 nitrogen and oxygen atoms in total. The maximum Gasteiger partial charge on any atom is 0.108 e. The van der Waals surface area contributed by atoms with Crippen molar-refractivity contribution in [3.63, 3.8) is 0 Å². The number of rotatable bonds is 6. The Labute approximate surface area is 103 Å². The third kappa shape index (κ3) is 4.55. The van der Waals surface area contributed by atoms with Gasteiger partial charge in [-0.1, -0.05) is 33.6 Å². The van der Waals surface area contributed by atoms with Crippen LogP contribution in [0.3, 0.4) is 0 Å². The molecule has 0 aliphatic rings. The van der Waals surface area contributed by atoms with Crippen LogP contribution in [0.25, 0.3) is 0 Å². The molecule has 0 spiro atoms. The Hall–Kier alpha value is -1.38. The molecule has 94 valence electrons. The summed E-state index contributed by atoms with van der Waals surface area (Å²) in [6, 6.07) is 5.22. The van der Waals surface area contributed by atoms with Gasteiger partial charge in [-0.3, -0.25) is 0 Å². The minimum Gasteiger partial charge on any atom is -0.399 e. The average molecular weight is 234 g/mol. The fraction of sp³-hybridized carbons (Fsp3) is 0.571. The number of anilines is 1. The molecule has 1 rings (SSSR count). The van der Waals surface area contributed by atoms with Crippen molar-refractivity contribution in [1.82, 2.24) is 0 Å². The van der Waals surface area contributed by atoms with E-state index in [-0.39, 0.29) is 0 Å². The first-order valence-corrected chi connectivity index (χ1v) is 6.24. The molecule has 0 saturated heterocycles. The van der Waals surface area contributed by atoms with Gasteiger partial charge in [0.25, 0.3) is 0 Å². The lowest BCUT2D eigenvalue weighted by Gasteiger charge is -2.14. The third-order valence-corrected chi connectivity index (χ3v) is 3.04. The number of nitrogens with zero attached hydrogens (tertiary/aromatic N) is 1. The molecule has 2 N–H and O–H groups in total. The summed E-state index contributed by atoms with van der Waals surface area (Å²) in [5.74, 6) is 1.32. The van der Waals surface area contributed by atoms with E-state index in [2.05, 4.69) is 25.9 Å². The van der Waals surface area contributed by atoms with Crippen LogP contribution in [0.5, 0.6) is 0 Å². The molecule has 0 amide bonds. The number of benzene rings is 1. The van der Waals surface area contributed by atoms with Crippen LogP contribution in [-0.4, -0.2) is 0 Å². The SMILES string of the molecule is CC(C)CCC(C)Cc1cc(N=O)ccc1N. The van der Waals surface area contributed by atoms with Crippen molar-refractivity contribution in [1.29, 1.82) is 0 Å². The average Bonchev–Trinajstić information content (AvgIpc) is 2.29. The summed E-state index contributed by atoms with van der Waals surface area (Å²) < 4.78 is 0. The van der Waals surface area contributed by atoms with Crippen LogP contribution in [0.2, 0.25) is 0 Å². The molecule has 0 bridgehead atoms. The summed E-state index contributed by atoms with van der Waals surface area (Å²) in [6.07, 6.45) is 3.34. The molecule has 1 aromatic carbocycles. The highest BCUT2D eigenvalue weighted by Gasteiger charge is 2.08. The van der Waals surface area contributed by atoms with Crippen LogP contribution in [0.4, 0.5) is 11.4 Å². The maximum atomic E-state index is 10.5. The van der Waals surface area contributed by atoms with E-state index in [1.165, 1.54) is 12.8 Å². The fourth-order valence-electron chi connectivity index (χ4n) is 1.92. The second-order valence-corrected chi connectivity index (χ2v) is 5.25. The largest absolute Gasteiger partial charge is 0.399 e. The van der Waals surface area contributed by atoms with Crippen molar-refractivity contribution < 1.29 is 0 Å². The number of nitrogens with two attached hydrogens (primary N) is 1. The van der Waals surface area contributed by atoms with E-state index in [1.807, 2.05) is 0 Å². The van der Waals surface area contributed by atoms with Crippen molar-refractivity contribution in [3.8, 4) is 0 Å². The zero-order valence-corrected chi connectivity index (χ0v) is 10.9. The quantitative estimate of drug-likeness (QED) is 0.590. The topological polar surface area (TPSA) is 55.5 Å². The van der Waals surface area contributed by atoms with Gasteiger partial charge in [0.05, 0.1) is 0 Å². The highest BCUT2D eigenvalue weighted by Crippen LogP contribution is 2.24. The van der Waals surface area contributed by atoms with Gasteiger partial charge in [0.2, 0.25) is 0 Å². The zero-order valence-electron chi connectivity index (χ0n) is 10.9. The van der Waals surface area contributed by atoms with E-state index in [9.17, 15) is 4.91 Å². The first-order chi connectivity index (χ1) is 8.02. The van der Waals surface area contributed by atoms with Gasteiger partial charge < -0.3 is 5.73 Å². The Morgan fingerprint density at radius 2 is 1.94 bits per heavy atom. The molecule has 0 aromatic heterocycles. The van der Waals surface area contributed by atoms with Crippen LogP contribution in [0.1, 0.15) is 39.2 Å². The van der Waals surface area contributed by atoms with Gasteiger partial charge in [0.15, 0.2) is 0 Å². The van der Waals surface area contributed by atoms with Crippen molar-refractivity contribution in [2.24, 2.45) is 17.0 Å². The summed E-state index contributed by atoms with van der Waals surface area (Å²) in [5.41, 5.74) is 8.17. The highest BCUT2D eigenvalue weighted by molar-refractivity contribution is 5.54. The number of nitroso groups, excluding NO2 is 1. The monoisotopic (exact) mass is 234 g/mol. The molecule has 0 fully saturated rings. The Bertz CT molecular complexity index is 374. The van der Waals surface area contributed by atoms with E-state index in [0.717, 1.165) is 23.6 Å². The summed E-state index contributed by atoms with van der Waals surface area (Å²) >= 11 is 0. The molecule has 0 heterocycles. The zero-order chi connectivity index (χ0) is 12.8. The minimum atomic E-state index is 0.463. The highest BCUT2D eigenvalue weighted by atomic mass is 16.3. The normalized spacial score (nSPS) is 12.7. The third-order valence-electron chi connectivity index (χ3n) is 3.04. The van der Waals surface area contributed by atoms with E-state index in [1.54, 1.807) is 18.2 Å². The molecule has 1 aromatic rings. The molecular formula is C14H22N2O. The summed E-state index contributed by atoms with van der Waals surface area (Å²) in [6.45, 7) is 6.69. The molecule has 0 saturated carbocycles. The summed E-state index contributed by atoms with van der Waals surface area (Å²) in [7, 11) is 0. The van der Waals surface area contributed by atoms with E-state index < -0.39 is 0 Å². The van der Waals surface area contributed by atoms with Gasteiger partial charge in [-0.2, -0.15) is 0 Å². The predicted octanol–water partition coefficient (Wildman–Crippen LogP) is 4.28. The van der Waals surface area contributed by atoms with Gasteiger partial charge in [-0.25, -0.2) is 0 Å². The van der Waals surface area contributed by atoms with Crippen molar-refractivity contribution >= 4 is 11.4 Å². The summed E-state index contributed by atoms with van der Waals surface area (Å²) in [5, 5.41) is 2.95. The Morgan fingerprint density at radius 3 is 2.53 bits per heavy atom. The van der Waals surface area contributed by atoms with Crippen LogP contribution in [0.15, 0.2) is 23.4 Å². The maximum absolute atomic E-state index is 10.5. The van der Waals surface area contributed by atoms with E-state index >= 15 is 0 Å². The molecular weight excluding hydrogens is 212 g/mol. The van der Waals surface area contributed by atoms with Gasteiger partial charge in [0.1, 0.15) is 5.69 Å². The second kappa shape index (κ2) is 6.38. The van der Waals surface area contributed by atoms with Crippen molar-refractivity contribution in [2.45, 2.75) is 40.0 Å². The lowest BCUT2D eigenvalue weighted by atomic mass is 9.92.